The van der Waals surface area contributed by atoms with Crippen LogP contribution in [-0.4, -0.2) is 31.2 Å². The van der Waals surface area contributed by atoms with Crippen LogP contribution in [0.25, 0.3) is 0 Å². The van der Waals surface area contributed by atoms with E-state index in [1.807, 2.05) is 6.92 Å². The number of rotatable bonds is 3. The fourth-order valence-electron chi connectivity index (χ4n) is 2.64. The van der Waals surface area contributed by atoms with Crippen LogP contribution in [0.3, 0.4) is 0 Å². The van der Waals surface area contributed by atoms with E-state index in [1.54, 1.807) is 13.3 Å². The third kappa shape index (κ3) is 2.58. The van der Waals surface area contributed by atoms with Gasteiger partial charge in [0.25, 0.3) is 0 Å². The van der Waals surface area contributed by atoms with Crippen LogP contribution in [0, 0.1) is 12.8 Å². The average Bonchev–Trinajstić information content (AvgIpc) is 2.39. The molecule has 0 spiro atoms. The smallest absolute Gasteiger partial charge is 0.160 e. The van der Waals surface area contributed by atoms with Crippen molar-refractivity contribution in [3.8, 4) is 5.75 Å². The zero-order valence-corrected chi connectivity index (χ0v) is 11.5. The van der Waals surface area contributed by atoms with Gasteiger partial charge in [0.05, 0.1) is 19.0 Å². The molecule has 2 N–H and O–H groups in total. The monoisotopic (exact) mass is 249 g/mol. The quantitative estimate of drug-likeness (QED) is 0.889. The highest BCUT2D eigenvalue weighted by Gasteiger charge is 2.26. The number of aromatic nitrogens is 1. The van der Waals surface area contributed by atoms with E-state index in [0.717, 1.165) is 43.1 Å². The number of piperidine rings is 1. The summed E-state index contributed by atoms with van der Waals surface area (Å²) in [4.78, 5) is 6.66. The average molecular weight is 249 g/mol. The normalized spacial score (nSPS) is 24.1. The van der Waals surface area contributed by atoms with Crippen LogP contribution in [0.2, 0.25) is 0 Å². The highest BCUT2D eigenvalue weighted by Crippen LogP contribution is 2.31. The predicted molar refractivity (Wildman–Crippen MR) is 74.1 cm³/mol. The minimum atomic E-state index is 0.333. The predicted octanol–water partition coefficient (Wildman–Crippen LogP) is 1.96. The van der Waals surface area contributed by atoms with Gasteiger partial charge in [-0.25, -0.2) is 0 Å². The Morgan fingerprint density at radius 3 is 3.00 bits per heavy atom. The summed E-state index contributed by atoms with van der Waals surface area (Å²) in [6, 6.07) is 2.43. The fourth-order valence-corrected chi connectivity index (χ4v) is 2.64. The molecule has 18 heavy (non-hydrogen) atoms. The number of aryl methyl sites for hydroxylation is 1. The molecule has 0 aliphatic carbocycles. The van der Waals surface area contributed by atoms with Gasteiger partial charge in [-0.15, -0.1) is 0 Å². The maximum atomic E-state index is 6.16. The van der Waals surface area contributed by atoms with Gasteiger partial charge in [-0.3, -0.25) is 4.98 Å². The first kappa shape index (κ1) is 13.1. The highest BCUT2D eigenvalue weighted by molar-refractivity contribution is 5.58. The lowest BCUT2D eigenvalue weighted by Crippen LogP contribution is -2.47. The lowest BCUT2D eigenvalue weighted by molar-refractivity contribution is 0.343. The molecule has 2 atom stereocenters. The third-order valence-corrected chi connectivity index (χ3v) is 3.86. The lowest BCUT2D eigenvalue weighted by Gasteiger charge is -2.38. The van der Waals surface area contributed by atoms with Crippen molar-refractivity contribution in [1.82, 2.24) is 4.98 Å². The topological polar surface area (TPSA) is 51.4 Å². The molecular weight excluding hydrogens is 226 g/mol. The standard InChI is InChI=1S/C14H23N3O/c1-4-11-9-17(6-5-12(11)15)13-7-10(2)16-8-14(13)18-3/h7-8,11-12H,4-6,9,15H2,1-3H3. The maximum absolute atomic E-state index is 6.16. The molecular formula is C14H23N3O. The van der Waals surface area contributed by atoms with Crippen molar-refractivity contribution < 1.29 is 4.74 Å². The minimum absolute atomic E-state index is 0.333. The Morgan fingerprint density at radius 1 is 1.56 bits per heavy atom. The van der Waals surface area contributed by atoms with Gasteiger partial charge in [0.15, 0.2) is 5.75 Å². The second-order valence-electron chi connectivity index (χ2n) is 5.06. The van der Waals surface area contributed by atoms with Crippen LogP contribution in [0.4, 0.5) is 5.69 Å². The number of hydrogen-bond acceptors (Lipinski definition) is 4. The molecule has 1 aromatic heterocycles. The molecule has 0 amide bonds. The number of ether oxygens (including phenoxy) is 1. The molecule has 0 bridgehead atoms. The van der Waals surface area contributed by atoms with Gasteiger partial charge in [0.1, 0.15) is 0 Å². The summed E-state index contributed by atoms with van der Waals surface area (Å²) in [5, 5.41) is 0. The molecule has 4 heteroatoms. The van der Waals surface area contributed by atoms with E-state index >= 15 is 0 Å². The molecule has 1 saturated heterocycles. The van der Waals surface area contributed by atoms with E-state index in [-0.39, 0.29) is 0 Å². The highest BCUT2D eigenvalue weighted by atomic mass is 16.5. The molecule has 0 aromatic carbocycles. The summed E-state index contributed by atoms with van der Waals surface area (Å²) in [5.74, 6) is 1.42. The number of nitrogens with zero attached hydrogens (tertiary/aromatic N) is 2. The van der Waals surface area contributed by atoms with Crippen LogP contribution in [0.1, 0.15) is 25.5 Å². The van der Waals surface area contributed by atoms with Crippen molar-refractivity contribution in [1.29, 1.82) is 0 Å². The van der Waals surface area contributed by atoms with Gasteiger partial charge in [-0.05, 0) is 25.3 Å². The molecule has 1 aliphatic heterocycles. The van der Waals surface area contributed by atoms with E-state index < -0.39 is 0 Å². The fraction of sp³-hybridized carbons (Fsp3) is 0.643. The minimum Gasteiger partial charge on any atom is -0.493 e. The molecule has 2 heterocycles. The van der Waals surface area contributed by atoms with E-state index in [1.165, 1.54) is 0 Å². The molecule has 2 unspecified atom stereocenters. The Labute approximate surface area is 109 Å². The largest absolute Gasteiger partial charge is 0.493 e. The molecule has 4 nitrogen and oxygen atoms in total. The van der Waals surface area contributed by atoms with Crippen molar-refractivity contribution in [3.63, 3.8) is 0 Å². The Hall–Kier alpha value is -1.29. The zero-order valence-electron chi connectivity index (χ0n) is 11.5. The summed E-state index contributed by atoms with van der Waals surface area (Å²) in [7, 11) is 1.70. The van der Waals surface area contributed by atoms with E-state index in [2.05, 4.69) is 22.9 Å². The molecule has 1 aromatic rings. The summed E-state index contributed by atoms with van der Waals surface area (Å²) < 4.78 is 5.41. The van der Waals surface area contributed by atoms with Crippen LogP contribution in [0.5, 0.6) is 5.75 Å². The maximum Gasteiger partial charge on any atom is 0.160 e. The number of pyridine rings is 1. The summed E-state index contributed by atoms with van der Waals surface area (Å²) >= 11 is 0. The Morgan fingerprint density at radius 2 is 2.33 bits per heavy atom. The molecule has 0 saturated carbocycles. The van der Waals surface area contributed by atoms with Crippen molar-refractivity contribution in [2.75, 3.05) is 25.1 Å². The van der Waals surface area contributed by atoms with Crippen LogP contribution in [-0.2, 0) is 0 Å². The molecule has 2 rings (SSSR count). The summed E-state index contributed by atoms with van der Waals surface area (Å²) in [5.41, 5.74) is 8.33. The molecule has 100 valence electrons. The van der Waals surface area contributed by atoms with Gasteiger partial charge in [-0.2, -0.15) is 0 Å². The van der Waals surface area contributed by atoms with Crippen molar-refractivity contribution in [3.05, 3.63) is 18.0 Å². The van der Waals surface area contributed by atoms with Crippen molar-refractivity contribution in [2.45, 2.75) is 32.7 Å². The second kappa shape index (κ2) is 5.57. The van der Waals surface area contributed by atoms with Gasteiger partial charge in [0.2, 0.25) is 0 Å². The zero-order chi connectivity index (χ0) is 13.1. The number of anilines is 1. The lowest BCUT2D eigenvalue weighted by atomic mass is 9.90. The number of nitrogens with two attached hydrogens (primary N) is 1. The van der Waals surface area contributed by atoms with Crippen molar-refractivity contribution >= 4 is 5.69 Å². The van der Waals surface area contributed by atoms with Crippen LogP contribution < -0.4 is 15.4 Å². The third-order valence-electron chi connectivity index (χ3n) is 3.86. The second-order valence-corrected chi connectivity index (χ2v) is 5.06. The van der Waals surface area contributed by atoms with Gasteiger partial charge >= 0.3 is 0 Å². The Bertz CT molecular complexity index is 408. The number of methoxy groups -OCH3 is 1. The summed E-state index contributed by atoms with van der Waals surface area (Å²) in [6.45, 7) is 6.23. The first-order chi connectivity index (χ1) is 8.65. The van der Waals surface area contributed by atoms with Crippen molar-refractivity contribution in [2.24, 2.45) is 11.7 Å². The Balaban J connectivity index is 2.23. The molecule has 0 radical (unpaired) electrons. The first-order valence-corrected chi connectivity index (χ1v) is 6.66. The molecule has 1 fully saturated rings. The van der Waals surface area contributed by atoms with E-state index in [4.69, 9.17) is 10.5 Å². The summed E-state index contributed by atoms with van der Waals surface area (Å²) in [6.07, 6.45) is 3.98. The van der Waals surface area contributed by atoms with Gasteiger partial charge in [-0.1, -0.05) is 13.3 Å². The van der Waals surface area contributed by atoms with Gasteiger partial charge < -0.3 is 15.4 Å². The van der Waals surface area contributed by atoms with E-state index in [0.29, 0.717) is 12.0 Å². The van der Waals surface area contributed by atoms with Gasteiger partial charge in [0, 0.05) is 24.8 Å². The Kier molecular flexibility index (Phi) is 4.07. The first-order valence-electron chi connectivity index (χ1n) is 6.66. The SMILES string of the molecule is CCC1CN(c2cc(C)ncc2OC)CCC1N. The van der Waals surface area contributed by atoms with E-state index in [9.17, 15) is 0 Å². The molecule has 1 aliphatic rings. The van der Waals surface area contributed by atoms with Crippen LogP contribution in [0.15, 0.2) is 12.3 Å². The van der Waals surface area contributed by atoms with Crippen LogP contribution >= 0.6 is 0 Å². The number of hydrogen-bond donors (Lipinski definition) is 1.